The fourth-order valence-corrected chi connectivity index (χ4v) is 4.16. The number of aromatic nitrogens is 2. The van der Waals surface area contributed by atoms with Gasteiger partial charge in [-0.1, -0.05) is 24.3 Å². The highest BCUT2D eigenvalue weighted by atomic mass is 79.9. The number of ether oxygens (including phenoxy) is 4. The van der Waals surface area contributed by atoms with Gasteiger partial charge in [-0.25, -0.2) is 14.3 Å². The van der Waals surface area contributed by atoms with Gasteiger partial charge in [0.15, 0.2) is 11.5 Å². The number of esters is 2. The molecule has 1 aliphatic heterocycles. The molecule has 0 amide bonds. The van der Waals surface area contributed by atoms with Crippen LogP contribution in [0.15, 0.2) is 63.4 Å². The van der Waals surface area contributed by atoms with Crippen LogP contribution in [0, 0.1) is 0 Å². The Kier molecular flexibility index (Phi) is 6.58. The van der Waals surface area contributed by atoms with Crippen molar-refractivity contribution in [3.05, 3.63) is 80.2 Å². The Labute approximate surface area is 209 Å². The normalized spacial score (nSPS) is 14.8. The average Bonchev–Trinajstić information content (AvgIpc) is 3.02. The van der Waals surface area contributed by atoms with Crippen molar-refractivity contribution in [2.75, 3.05) is 7.11 Å². The van der Waals surface area contributed by atoms with E-state index in [-0.39, 0.29) is 17.7 Å². The van der Waals surface area contributed by atoms with E-state index in [1.807, 2.05) is 30.3 Å². The van der Waals surface area contributed by atoms with E-state index >= 15 is 0 Å². The molecule has 1 aromatic heterocycles. The molecule has 9 nitrogen and oxygen atoms in total. The summed E-state index contributed by atoms with van der Waals surface area (Å²) >= 11 is 3.38. The molecule has 1 saturated heterocycles. The standard InChI is InChI=1S/C25H23BrN2O7/c1-25(2)34-23(30)17(24(31)35-25)12-15-10-11-19(20(13-15)32-4)33-14-18-21(26)22(29)28(27(18)3)16-8-6-5-7-9-16/h5-13H,14H2,1-4H3. The van der Waals surface area contributed by atoms with Gasteiger partial charge in [0, 0.05) is 20.9 Å². The summed E-state index contributed by atoms with van der Waals surface area (Å²) in [6, 6.07) is 14.2. The number of halogens is 1. The molecule has 2 heterocycles. The van der Waals surface area contributed by atoms with Crippen molar-refractivity contribution < 1.29 is 28.5 Å². The molecule has 0 aliphatic carbocycles. The average molecular weight is 543 g/mol. The van der Waals surface area contributed by atoms with Gasteiger partial charge in [0.05, 0.1) is 18.5 Å². The van der Waals surface area contributed by atoms with Crippen molar-refractivity contribution in [1.29, 1.82) is 0 Å². The summed E-state index contributed by atoms with van der Waals surface area (Å²) in [7, 11) is 3.25. The van der Waals surface area contributed by atoms with Gasteiger partial charge >= 0.3 is 11.9 Å². The number of rotatable bonds is 6. The first-order chi connectivity index (χ1) is 16.6. The molecule has 2 aromatic carbocycles. The number of nitrogens with zero attached hydrogens (tertiary/aromatic N) is 2. The van der Waals surface area contributed by atoms with Crippen molar-refractivity contribution in [3.8, 4) is 17.2 Å². The first kappa shape index (κ1) is 24.3. The van der Waals surface area contributed by atoms with Crippen LogP contribution in [0.2, 0.25) is 0 Å². The summed E-state index contributed by atoms with van der Waals surface area (Å²) in [6.45, 7) is 3.05. The molecule has 1 fully saturated rings. The third-order valence-corrected chi connectivity index (χ3v) is 6.10. The molecule has 0 spiro atoms. The summed E-state index contributed by atoms with van der Waals surface area (Å²) in [6.07, 6.45) is 1.37. The third-order valence-electron chi connectivity index (χ3n) is 5.30. The minimum absolute atomic E-state index is 0.0800. The fraction of sp³-hybridized carbons (Fsp3) is 0.240. The lowest BCUT2D eigenvalue weighted by Gasteiger charge is -2.29. The number of hydrogen-bond acceptors (Lipinski definition) is 7. The van der Waals surface area contributed by atoms with Crippen LogP contribution < -0.4 is 15.0 Å². The van der Waals surface area contributed by atoms with E-state index in [0.717, 1.165) is 5.69 Å². The van der Waals surface area contributed by atoms with Gasteiger partial charge in [-0.2, -0.15) is 0 Å². The summed E-state index contributed by atoms with van der Waals surface area (Å²) < 4.78 is 25.3. The topological polar surface area (TPSA) is 98.0 Å². The van der Waals surface area contributed by atoms with E-state index < -0.39 is 17.7 Å². The van der Waals surface area contributed by atoms with Crippen LogP contribution in [0.25, 0.3) is 11.8 Å². The van der Waals surface area contributed by atoms with Crippen molar-refractivity contribution in [1.82, 2.24) is 9.36 Å². The molecule has 0 unspecified atom stereocenters. The maximum atomic E-state index is 12.8. The zero-order valence-corrected chi connectivity index (χ0v) is 21.1. The Bertz CT molecular complexity index is 1360. The molecule has 35 heavy (non-hydrogen) atoms. The van der Waals surface area contributed by atoms with Crippen LogP contribution in [-0.2, 0) is 32.7 Å². The number of para-hydroxylation sites is 1. The molecule has 0 radical (unpaired) electrons. The Hall–Kier alpha value is -3.79. The molecule has 3 aromatic rings. The van der Waals surface area contributed by atoms with Crippen LogP contribution in [0.3, 0.4) is 0 Å². The molecule has 0 N–H and O–H groups in total. The van der Waals surface area contributed by atoms with Gasteiger partial charge in [0.2, 0.25) is 0 Å². The van der Waals surface area contributed by atoms with Crippen LogP contribution in [-0.4, -0.2) is 34.2 Å². The zero-order valence-electron chi connectivity index (χ0n) is 19.5. The van der Waals surface area contributed by atoms with E-state index in [0.29, 0.717) is 27.2 Å². The second-order valence-corrected chi connectivity index (χ2v) is 8.97. The molecule has 0 atom stereocenters. The predicted molar refractivity (Wildman–Crippen MR) is 130 cm³/mol. The lowest BCUT2D eigenvalue weighted by atomic mass is 10.1. The molecular formula is C25H23BrN2O7. The van der Waals surface area contributed by atoms with Gasteiger partial charge in [-0.3, -0.25) is 9.48 Å². The first-order valence-corrected chi connectivity index (χ1v) is 11.4. The van der Waals surface area contributed by atoms with Crippen molar-refractivity contribution in [2.24, 2.45) is 7.05 Å². The van der Waals surface area contributed by atoms with E-state index in [1.54, 1.807) is 34.6 Å². The minimum atomic E-state index is -1.31. The van der Waals surface area contributed by atoms with Gasteiger partial charge in [0.1, 0.15) is 16.7 Å². The number of benzene rings is 2. The molecule has 10 heteroatoms. The number of methoxy groups -OCH3 is 1. The van der Waals surface area contributed by atoms with Gasteiger partial charge in [-0.15, -0.1) is 0 Å². The lowest BCUT2D eigenvalue weighted by Crippen LogP contribution is -2.41. The highest BCUT2D eigenvalue weighted by Crippen LogP contribution is 2.31. The quantitative estimate of drug-likeness (QED) is 0.266. The van der Waals surface area contributed by atoms with E-state index in [1.165, 1.54) is 27.0 Å². The number of carbonyl (C=O) groups is 2. The summed E-state index contributed by atoms with van der Waals surface area (Å²) in [5.41, 5.74) is 1.44. The number of carbonyl (C=O) groups excluding carboxylic acids is 2. The van der Waals surface area contributed by atoms with Crippen molar-refractivity contribution in [3.63, 3.8) is 0 Å². The predicted octanol–water partition coefficient (Wildman–Crippen LogP) is 3.75. The lowest BCUT2D eigenvalue weighted by molar-refractivity contribution is -0.222. The molecule has 0 saturated carbocycles. The first-order valence-electron chi connectivity index (χ1n) is 10.6. The second kappa shape index (κ2) is 9.46. The summed E-state index contributed by atoms with van der Waals surface area (Å²) in [5.74, 6) is -2.05. The van der Waals surface area contributed by atoms with Gasteiger partial charge in [-0.05, 0) is 51.8 Å². The van der Waals surface area contributed by atoms with Crippen LogP contribution >= 0.6 is 15.9 Å². The van der Waals surface area contributed by atoms with Crippen LogP contribution in [0.5, 0.6) is 11.5 Å². The number of hydrogen-bond donors (Lipinski definition) is 0. The Balaban J connectivity index is 1.58. The molecular weight excluding hydrogens is 520 g/mol. The Morgan fingerprint density at radius 1 is 1.00 bits per heavy atom. The SMILES string of the molecule is COc1cc(C=C2C(=O)OC(C)(C)OC2=O)ccc1OCc1c(Br)c(=O)n(-c2ccccc2)n1C. The van der Waals surface area contributed by atoms with E-state index in [4.69, 9.17) is 18.9 Å². The molecule has 4 rings (SSSR count). The fourth-order valence-electron chi connectivity index (χ4n) is 3.62. The van der Waals surface area contributed by atoms with Gasteiger partial charge in [0.25, 0.3) is 11.3 Å². The minimum Gasteiger partial charge on any atom is -0.493 e. The Morgan fingerprint density at radius 3 is 2.29 bits per heavy atom. The maximum absolute atomic E-state index is 12.8. The monoisotopic (exact) mass is 542 g/mol. The van der Waals surface area contributed by atoms with E-state index in [9.17, 15) is 14.4 Å². The van der Waals surface area contributed by atoms with Crippen LogP contribution in [0.4, 0.5) is 0 Å². The third kappa shape index (κ3) is 4.88. The second-order valence-electron chi connectivity index (χ2n) is 8.17. The Morgan fingerprint density at radius 2 is 1.66 bits per heavy atom. The molecule has 1 aliphatic rings. The highest BCUT2D eigenvalue weighted by molar-refractivity contribution is 9.10. The van der Waals surface area contributed by atoms with Gasteiger partial charge < -0.3 is 18.9 Å². The number of cyclic esters (lactones) is 2. The summed E-state index contributed by atoms with van der Waals surface area (Å²) in [4.78, 5) is 37.2. The maximum Gasteiger partial charge on any atom is 0.348 e. The highest BCUT2D eigenvalue weighted by Gasteiger charge is 2.38. The van der Waals surface area contributed by atoms with Crippen molar-refractivity contribution in [2.45, 2.75) is 26.2 Å². The van der Waals surface area contributed by atoms with Crippen LogP contribution in [0.1, 0.15) is 25.1 Å². The molecule has 0 bridgehead atoms. The largest absolute Gasteiger partial charge is 0.493 e. The smallest absolute Gasteiger partial charge is 0.348 e. The summed E-state index contributed by atoms with van der Waals surface area (Å²) in [5, 5.41) is 0. The molecule has 182 valence electrons. The zero-order chi connectivity index (χ0) is 25.3. The van der Waals surface area contributed by atoms with E-state index in [2.05, 4.69) is 15.9 Å². The van der Waals surface area contributed by atoms with Crippen molar-refractivity contribution >= 4 is 33.9 Å².